The van der Waals surface area contributed by atoms with E-state index in [1.165, 1.54) is 0 Å². The third-order valence-electron chi connectivity index (χ3n) is 5.98. The summed E-state index contributed by atoms with van der Waals surface area (Å²) >= 11 is 0. The lowest BCUT2D eigenvalue weighted by Crippen LogP contribution is -2.62. The van der Waals surface area contributed by atoms with E-state index in [9.17, 15) is 19.5 Å². The summed E-state index contributed by atoms with van der Waals surface area (Å²) in [5, 5.41) is 14.8. The van der Waals surface area contributed by atoms with E-state index in [2.05, 4.69) is 10.6 Å². The van der Waals surface area contributed by atoms with Crippen LogP contribution >= 0.6 is 0 Å². The van der Waals surface area contributed by atoms with Gasteiger partial charge in [0.25, 0.3) is 5.91 Å². The van der Waals surface area contributed by atoms with Crippen LogP contribution in [0.3, 0.4) is 0 Å². The third kappa shape index (κ3) is 5.88. The molecular weight excluding hydrogens is 448 g/mol. The molecule has 0 aliphatic carbocycles. The number of carboxylic acid groups (broad SMARTS) is 1. The summed E-state index contributed by atoms with van der Waals surface area (Å²) in [6, 6.07) is -2.03. The highest BCUT2D eigenvalue weighted by Gasteiger charge is 2.62. The van der Waals surface area contributed by atoms with Gasteiger partial charge in [-0.05, 0) is 46.0 Å². The smallest absolute Gasteiger partial charge is 0.326 e. The minimum absolute atomic E-state index is 0.0646. The molecule has 2 amide bonds. The molecule has 34 heavy (non-hydrogen) atoms. The van der Waals surface area contributed by atoms with Gasteiger partial charge in [0.2, 0.25) is 5.91 Å². The SMILES string of the molecule is CC(C)C[C@H](NC(=O)[C@H](NC(=O)[C@@H]1O[C@@H]2OC(C)(C)O[C@@H]2[C@H]2OC(C)(C)O[C@@H]21)C(C)C)C(=O)O. The van der Waals surface area contributed by atoms with Gasteiger partial charge in [0.1, 0.15) is 30.4 Å². The van der Waals surface area contributed by atoms with E-state index in [1.54, 1.807) is 41.5 Å². The highest BCUT2D eigenvalue weighted by molar-refractivity contribution is 5.92. The van der Waals surface area contributed by atoms with Crippen molar-refractivity contribution in [2.24, 2.45) is 11.8 Å². The van der Waals surface area contributed by atoms with Crippen LogP contribution in [0.5, 0.6) is 0 Å². The maximum atomic E-state index is 13.4. The predicted molar refractivity (Wildman–Crippen MR) is 118 cm³/mol. The Morgan fingerprint density at radius 3 is 1.97 bits per heavy atom. The summed E-state index contributed by atoms with van der Waals surface area (Å²) in [6.45, 7) is 14.2. The quantitative estimate of drug-likeness (QED) is 0.460. The van der Waals surface area contributed by atoms with E-state index in [1.807, 2.05) is 13.8 Å². The van der Waals surface area contributed by atoms with Gasteiger partial charge in [0.05, 0.1) is 0 Å². The molecule has 3 heterocycles. The molecule has 3 aliphatic rings. The minimum atomic E-state index is -1.12. The molecule has 0 aromatic heterocycles. The van der Waals surface area contributed by atoms with Crippen LogP contribution in [0.4, 0.5) is 0 Å². The number of aliphatic carboxylic acids is 1. The molecule has 3 N–H and O–H groups in total. The highest BCUT2D eigenvalue weighted by Crippen LogP contribution is 2.44. The summed E-state index contributed by atoms with van der Waals surface area (Å²) in [4.78, 5) is 37.9. The van der Waals surface area contributed by atoms with E-state index in [-0.39, 0.29) is 18.3 Å². The molecule has 11 heteroatoms. The average molecular weight is 487 g/mol. The van der Waals surface area contributed by atoms with Gasteiger partial charge in [-0.1, -0.05) is 27.7 Å². The lowest BCUT2D eigenvalue weighted by molar-refractivity contribution is -0.231. The number of hydrogen-bond acceptors (Lipinski definition) is 8. The summed E-state index contributed by atoms with van der Waals surface area (Å²) in [5.74, 6) is -4.42. The van der Waals surface area contributed by atoms with Crippen molar-refractivity contribution in [3.8, 4) is 0 Å². The Kier molecular flexibility index (Phi) is 7.64. The summed E-state index contributed by atoms with van der Waals surface area (Å²) < 4.78 is 29.7. The first-order valence-electron chi connectivity index (χ1n) is 11.8. The molecule has 3 rings (SSSR count). The van der Waals surface area contributed by atoms with E-state index >= 15 is 0 Å². The molecule has 7 atom stereocenters. The number of carbonyl (C=O) groups is 3. The fraction of sp³-hybridized carbons (Fsp3) is 0.870. The zero-order valence-corrected chi connectivity index (χ0v) is 21.1. The van der Waals surface area contributed by atoms with Gasteiger partial charge >= 0.3 is 5.97 Å². The van der Waals surface area contributed by atoms with Crippen molar-refractivity contribution < 1.29 is 43.2 Å². The standard InChI is InChI=1S/C23H38N2O9/c1-10(2)9-12(20(28)29)24-18(26)13(11(3)4)25-19(27)16-14-15(32-22(5,6)31-14)17-21(30-16)34-23(7,8)33-17/h10-17,21H,9H2,1-8H3,(H,24,26)(H,25,27)(H,28,29)/t12-,13+,14-,15-,16+,17+,21+/m0/s1. The molecule has 0 saturated carbocycles. The van der Waals surface area contributed by atoms with Gasteiger partial charge in [0, 0.05) is 0 Å². The second kappa shape index (κ2) is 9.69. The van der Waals surface area contributed by atoms with Crippen LogP contribution in [0.1, 0.15) is 61.8 Å². The maximum Gasteiger partial charge on any atom is 0.326 e. The van der Waals surface area contributed by atoms with Gasteiger partial charge in [-0.15, -0.1) is 0 Å². The summed E-state index contributed by atoms with van der Waals surface area (Å²) in [7, 11) is 0. The number of fused-ring (bicyclic) bond motifs is 3. The Hall–Kier alpha value is -1.79. The number of amides is 2. The van der Waals surface area contributed by atoms with Crippen LogP contribution in [0, 0.1) is 11.8 Å². The number of carbonyl (C=O) groups excluding carboxylic acids is 2. The third-order valence-corrected chi connectivity index (χ3v) is 5.98. The van der Waals surface area contributed by atoms with Crippen molar-refractivity contribution in [3.05, 3.63) is 0 Å². The fourth-order valence-electron chi connectivity index (χ4n) is 4.55. The van der Waals surface area contributed by atoms with Crippen LogP contribution in [-0.4, -0.2) is 77.3 Å². The molecule has 0 spiro atoms. The molecule has 0 aromatic carbocycles. The van der Waals surface area contributed by atoms with Gasteiger partial charge in [-0.3, -0.25) is 9.59 Å². The molecule has 3 fully saturated rings. The van der Waals surface area contributed by atoms with Crippen LogP contribution in [0.2, 0.25) is 0 Å². The first kappa shape index (κ1) is 26.8. The average Bonchev–Trinajstić information content (AvgIpc) is 3.17. The van der Waals surface area contributed by atoms with Gasteiger partial charge in [-0.2, -0.15) is 0 Å². The number of nitrogens with one attached hydrogen (secondary N) is 2. The normalized spacial score (nSPS) is 33.2. The zero-order valence-electron chi connectivity index (χ0n) is 21.1. The molecule has 194 valence electrons. The van der Waals surface area contributed by atoms with Gasteiger partial charge in [-0.25, -0.2) is 4.79 Å². The summed E-state index contributed by atoms with van der Waals surface area (Å²) in [5.41, 5.74) is 0. The predicted octanol–water partition coefficient (Wildman–Crippen LogP) is 1.14. The molecule has 0 bridgehead atoms. The first-order chi connectivity index (χ1) is 15.6. The Bertz CT molecular complexity index is 797. The summed E-state index contributed by atoms with van der Waals surface area (Å²) in [6.07, 6.45) is -3.67. The minimum Gasteiger partial charge on any atom is -0.480 e. The molecule has 3 aliphatic heterocycles. The van der Waals surface area contributed by atoms with Crippen LogP contribution in [0.15, 0.2) is 0 Å². The lowest BCUT2D eigenvalue weighted by Gasteiger charge is -2.37. The van der Waals surface area contributed by atoms with Crippen molar-refractivity contribution >= 4 is 17.8 Å². The first-order valence-corrected chi connectivity index (χ1v) is 11.8. The monoisotopic (exact) mass is 486 g/mol. The van der Waals surface area contributed by atoms with Crippen molar-refractivity contribution in [3.63, 3.8) is 0 Å². The maximum absolute atomic E-state index is 13.4. The van der Waals surface area contributed by atoms with Crippen LogP contribution in [0.25, 0.3) is 0 Å². The zero-order chi connectivity index (χ0) is 25.6. The Balaban J connectivity index is 1.76. The largest absolute Gasteiger partial charge is 0.480 e. The Labute approximate surface area is 200 Å². The number of ether oxygens (including phenoxy) is 5. The highest BCUT2D eigenvalue weighted by atomic mass is 16.9. The van der Waals surface area contributed by atoms with Crippen molar-refractivity contribution in [1.29, 1.82) is 0 Å². The molecule has 0 unspecified atom stereocenters. The van der Waals surface area contributed by atoms with Gasteiger partial charge in [0.15, 0.2) is 24.0 Å². The van der Waals surface area contributed by atoms with Gasteiger partial charge < -0.3 is 39.4 Å². The number of hydrogen-bond donors (Lipinski definition) is 3. The number of carboxylic acids is 1. The van der Waals surface area contributed by atoms with E-state index in [0.717, 1.165) is 0 Å². The molecular formula is C23H38N2O9. The molecule has 3 saturated heterocycles. The Morgan fingerprint density at radius 1 is 0.853 bits per heavy atom. The fourth-order valence-corrected chi connectivity index (χ4v) is 4.55. The molecule has 11 nitrogen and oxygen atoms in total. The number of rotatable bonds is 8. The second-order valence-corrected chi connectivity index (χ2v) is 10.8. The molecule has 0 radical (unpaired) electrons. The van der Waals surface area contributed by atoms with E-state index in [4.69, 9.17) is 23.7 Å². The molecule has 0 aromatic rings. The van der Waals surface area contributed by atoms with Crippen LogP contribution in [-0.2, 0) is 38.1 Å². The second-order valence-electron chi connectivity index (χ2n) is 10.8. The Morgan fingerprint density at radius 2 is 1.41 bits per heavy atom. The van der Waals surface area contributed by atoms with Crippen molar-refractivity contribution in [2.45, 2.75) is 116 Å². The van der Waals surface area contributed by atoms with Crippen molar-refractivity contribution in [1.82, 2.24) is 10.6 Å². The van der Waals surface area contributed by atoms with Crippen molar-refractivity contribution in [2.75, 3.05) is 0 Å². The van der Waals surface area contributed by atoms with E-state index in [0.29, 0.717) is 0 Å². The van der Waals surface area contributed by atoms with E-state index < -0.39 is 72.1 Å². The lowest BCUT2D eigenvalue weighted by atomic mass is 9.96. The topological polar surface area (TPSA) is 142 Å². The van der Waals surface area contributed by atoms with Crippen LogP contribution < -0.4 is 10.6 Å².